The van der Waals surface area contributed by atoms with Gasteiger partial charge in [0.05, 0.1) is 0 Å². The van der Waals surface area contributed by atoms with E-state index in [9.17, 15) is 0 Å². The lowest BCUT2D eigenvalue weighted by Crippen LogP contribution is -2.02. The first-order chi connectivity index (χ1) is 16.0. The molecule has 0 saturated heterocycles. The Bertz CT molecular complexity index is 1160. The number of hydrogen-bond donors (Lipinski definition) is 0. The van der Waals surface area contributed by atoms with Crippen LogP contribution in [0.4, 0.5) is 0 Å². The molecule has 0 fully saturated rings. The van der Waals surface area contributed by atoms with E-state index >= 15 is 0 Å². The minimum absolute atomic E-state index is 0.762. The molecule has 3 aromatic carbocycles. The van der Waals surface area contributed by atoms with Crippen molar-refractivity contribution in [2.45, 2.75) is 59.3 Å². The van der Waals surface area contributed by atoms with Crippen molar-refractivity contribution in [3.05, 3.63) is 111 Å². The summed E-state index contributed by atoms with van der Waals surface area (Å²) in [5, 5.41) is 0.800. The van der Waals surface area contributed by atoms with E-state index in [1.807, 2.05) is 12.1 Å². The van der Waals surface area contributed by atoms with Crippen LogP contribution in [0.2, 0.25) is 5.02 Å². The van der Waals surface area contributed by atoms with Crippen LogP contribution in [0.5, 0.6) is 0 Å². The number of fused-ring (bicyclic) bond motifs is 1. The summed E-state index contributed by atoms with van der Waals surface area (Å²) in [5.74, 6) is 0.762. The van der Waals surface area contributed by atoms with E-state index < -0.39 is 0 Å². The fourth-order valence-corrected chi connectivity index (χ4v) is 5.44. The summed E-state index contributed by atoms with van der Waals surface area (Å²) in [6.07, 6.45) is 8.88. The molecule has 0 amide bonds. The SMILES string of the molecule is C=Cc1ccc2c(c1)CCCC(c1ccc(Cl)cc1C)=C2c1ccc(CC(CC)CC)cc1. The molecule has 0 unspecified atom stereocenters. The molecule has 0 radical (unpaired) electrons. The lowest BCUT2D eigenvalue weighted by atomic mass is 9.85. The molecule has 0 heterocycles. The molecule has 4 rings (SSSR count). The second-order valence-electron chi connectivity index (χ2n) is 9.37. The minimum Gasteiger partial charge on any atom is -0.0985 e. The third-order valence-electron chi connectivity index (χ3n) is 7.24. The standard InChI is InChI=1S/C32H35Cl/c1-5-23(6-2)20-25-11-14-26(15-12-25)32-30-17-13-24(7-3)21-27(30)9-8-10-31(32)29-18-16-28(33)19-22(29)4/h7,11-19,21,23H,3,5-6,8-10,20H2,1-2,4H3. The van der Waals surface area contributed by atoms with Crippen LogP contribution in [0.25, 0.3) is 17.2 Å². The highest BCUT2D eigenvalue weighted by Gasteiger charge is 2.21. The van der Waals surface area contributed by atoms with Crippen LogP contribution in [-0.4, -0.2) is 0 Å². The zero-order valence-electron chi connectivity index (χ0n) is 20.3. The lowest BCUT2D eigenvalue weighted by molar-refractivity contribution is 0.490. The van der Waals surface area contributed by atoms with Crippen molar-refractivity contribution in [1.29, 1.82) is 0 Å². The minimum atomic E-state index is 0.762. The number of halogens is 1. The van der Waals surface area contributed by atoms with Gasteiger partial charge in [0.1, 0.15) is 0 Å². The van der Waals surface area contributed by atoms with Gasteiger partial charge in [-0.3, -0.25) is 0 Å². The summed E-state index contributed by atoms with van der Waals surface area (Å²) in [4.78, 5) is 0. The highest BCUT2D eigenvalue weighted by molar-refractivity contribution is 6.30. The number of aryl methyl sites for hydroxylation is 2. The second kappa shape index (κ2) is 10.6. The van der Waals surface area contributed by atoms with Crippen LogP contribution in [-0.2, 0) is 12.8 Å². The molecule has 33 heavy (non-hydrogen) atoms. The fraction of sp³-hybridized carbons (Fsp3) is 0.312. The Morgan fingerprint density at radius 1 is 0.909 bits per heavy atom. The molecule has 1 heteroatoms. The Hall–Kier alpha value is -2.57. The molecule has 0 N–H and O–H groups in total. The van der Waals surface area contributed by atoms with Gasteiger partial charge in [-0.15, -0.1) is 0 Å². The monoisotopic (exact) mass is 454 g/mol. The molecule has 0 saturated carbocycles. The largest absolute Gasteiger partial charge is 0.0985 e. The highest BCUT2D eigenvalue weighted by Crippen LogP contribution is 2.41. The van der Waals surface area contributed by atoms with Crippen molar-refractivity contribution in [2.24, 2.45) is 5.92 Å². The first kappa shape index (κ1) is 23.6. The second-order valence-corrected chi connectivity index (χ2v) is 9.81. The molecule has 0 spiro atoms. The van der Waals surface area contributed by atoms with E-state index in [-0.39, 0.29) is 0 Å². The van der Waals surface area contributed by atoms with Gasteiger partial charge in [-0.1, -0.05) is 99.5 Å². The van der Waals surface area contributed by atoms with Gasteiger partial charge in [0.25, 0.3) is 0 Å². The van der Waals surface area contributed by atoms with E-state index in [2.05, 4.69) is 81.9 Å². The number of allylic oxidation sites excluding steroid dienone is 1. The highest BCUT2D eigenvalue weighted by atomic mass is 35.5. The zero-order valence-corrected chi connectivity index (χ0v) is 21.0. The maximum Gasteiger partial charge on any atom is 0.0409 e. The predicted octanol–water partition coefficient (Wildman–Crippen LogP) is 9.57. The summed E-state index contributed by atoms with van der Waals surface area (Å²) < 4.78 is 0. The topological polar surface area (TPSA) is 0 Å². The Kier molecular flexibility index (Phi) is 7.56. The smallest absolute Gasteiger partial charge is 0.0409 e. The van der Waals surface area contributed by atoms with Crippen LogP contribution in [0.3, 0.4) is 0 Å². The Morgan fingerprint density at radius 2 is 1.64 bits per heavy atom. The van der Waals surface area contributed by atoms with E-state index in [0.717, 1.165) is 36.6 Å². The van der Waals surface area contributed by atoms with Gasteiger partial charge in [-0.2, -0.15) is 0 Å². The summed E-state index contributed by atoms with van der Waals surface area (Å²) in [6, 6.07) is 22.5. The molecule has 0 aliphatic heterocycles. The third-order valence-corrected chi connectivity index (χ3v) is 7.48. The fourth-order valence-electron chi connectivity index (χ4n) is 5.22. The summed E-state index contributed by atoms with van der Waals surface area (Å²) >= 11 is 6.31. The van der Waals surface area contributed by atoms with Gasteiger partial charge >= 0.3 is 0 Å². The van der Waals surface area contributed by atoms with Gasteiger partial charge in [0.2, 0.25) is 0 Å². The van der Waals surface area contributed by atoms with Crippen LogP contribution >= 0.6 is 11.6 Å². The van der Waals surface area contributed by atoms with Crippen molar-refractivity contribution in [2.75, 3.05) is 0 Å². The molecule has 170 valence electrons. The van der Waals surface area contributed by atoms with Gasteiger partial charge in [-0.25, -0.2) is 0 Å². The number of hydrogen-bond acceptors (Lipinski definition) is 0. The Labute approximate surface area is 205 Å². The quantitative estimate of drug-likeness (QED) is 0.333. The van der Waals surface area contributed by atoms with Crippen LogP contribution < -0.4 is 0 Å². The van der Waals surface area contributed by atoms with E-state index in [1.165, 1.54) is 62.9 Å². The molecule has 0 nitrogen and oxygen atoms in total. The molecule has 1 aliphatic rings. The number of rotatable bonds is 7. The summed E-state index contributed by atoms with van der Waals surface area (Å²) in [7, 11) is 0. The average molecular weight is 455 g/mol. The van der Waals surface area contributed by atoms with Crippen molar-refractivity contribution in [3.8, 4) is 0 Å². The van der Waals surface area contributed by atoms with E-state index in [1.54, 1.807) is 0 Å². The molecular weight excluding hydrogens is 420 g/mol. The summed E-state index contributed by atoms with van der Waals surface area (Å²) in [6.45, 7) is 10.8. The van der Waals surface area contributed by atoms with E-state index in [0.29, 0.717) is 0 Å². The van der Waals surface area contributed by atoms with Crippen molar-refractivity contribution in [3.63, 3.8) is 0 Å². The number of benzene rings is 3. The van der Waals surface area contributed by atoms with Crippen molar-refractivity contribution >= 4 is 28.8 Å². The van der Waals surface area contributed by atoms with Crippen molar-refractivity contribution in [1.82, 2.24) is 0 Å². The van der Waals surface area contributed by atoms with Gasteiger partial charge in [0.15, 0.2) is 0 Å². The predicted molar refractivity (Wildman–Crippen MR) is 146 cm³/mol. The zero-order chi connectivity index (χ0) is 23.4. The van der Waals surface area contributed by atoms with Gasteiger partial charge in [0, 0.05) is 5.02 Å². The van der Waals surface area contributed by atoms with Gasteiger partial charge < -0.3 is 0 Å². The average Bonchev–Trinajstić information content (AvgIpc) is 3.02. The Balaban J connectivity index is 1.88. The molecule has 3 aromatic rings. The normalized spacial score (nSPS) is 13.7. The maximum absolute atomic E-state index is 6.31. The summed E-state index contributed by atoms with van der Waals surface area (Å²) in [5.41, 5.74) is 12.1. The van der Waals surface area contributed by atoms with Crippen LogP contribution in [0.15, 0.2) is 67.2 Å². The van der Waals surface area contributed by atoms with Crippen LogP contribution in [0, 0.1) is 12.8 Å². The van der Waals surface area contributed by atoms with Crippen molar-refractivity contribution < 1.29 is 0 Å². The molecule has 1 aliphatic carbocycles. The van der Waals surface area contributed by atoms with Gasteiger partial charge in [-0.05, 0) is 101 Å². The van der Waals surface area contributed by atoms with Crippen LogP contribution in [0.1, 0.15) is 78.5 Å². The Morgan fingerprint density at radius 3 is 2.30 bits per heavy atom. The van der Waals surface area contributed by atoms with E-state index in [4.69, 9.17) is 11.6 Å². The first-order valence-electron chi connectivity index (χ1n) is 12.4. The molecular formula is C32H35Cl. The lowest BCUT2D eigenvalue weighted by Gasteiger charge is -2.19. The maximum atomic E-state index is 6.31. The molecule has 0 aromatic heterocycles. The third kappa shape index (κ3) is 5.17. The molecule has 0 bridgehead atoms. The first-order valence-corrected chi connectivity index (χ1v) is 12.8. The molecule has 0 atom stereocenters.